The number of alkyl halides is 2. The summed E-state index contributed by atoms with van der Waals surface area (Å²) in [5, 5.41) is 18.2. The summed E-state index contributed by atoms with van der Waals surface area (Å²) in [6.45, 7) is -0.719. The second-order valence-corrected chi connectivity index (χ2v) is 4.24. The number of nitrogens with zero attached hydrogens (tertiary/aromatic N) is 2. The van der Waals surface area contributed by atoms with E-state index in [2.05, 4.69) is 4.98 Å². The fourth-order valence-electron chi connectivity index (χ4n) is 1.72. The lowest BCUT2D eigenvalue weighted by Gasteiger charge is -2.21. The summed E-state index contributed by atoms with van der Waals surface area (Å²) in [5.74, 6) is -3.49. The summed E-state index contributed by atoms with van der Waals surface area (Å²) in [4.78, 5) is 3.66. The van der Waals surface area contributed by atoms with Crippen LogP contribution < -0.4 is 5.73 Å². The van der Waals surface area contributed by atoms with E-state index in [4.69, 9.17) is 27.8 Å². The zero-order chi connectivity index (χ0) is 13.5. The van der Waals surface area contributed by atoms with Crippen molar-refractivity contribution >= 4 is 18.0 Å². The van der Waals surface area contributed by atoms with Crippen LogP contribution in [0.25, 0.3) is 0 Å². The third-order valence-corrected chi connectivity index (χ3v) is 2.97. The Morgan fingerprint density at radius 3 is 2.78 bits per heavy atom. The Kier molecular flexibility index (Phi) is 3.32. The highest BCUT2D eigenvalue weighted by Crippen LogP contribution is 2.42. The molecule has 1 fully saturated rings. The summed E-state index contributed by atoms with van der Waals surface area (Å²) >= 11 is 4.81. The van der Waals surface area contributed by atoms with E-state index in [1.165, 1.54) is 12.3 Å². The number of aliphatic hydroxyl groups is 2. The largest absolute Gasteiger partial charge is 0.394 e. The molecule has 1 aromatic rings. The van der Waals surface area contributed by atoms with Gasteiger partial charge in [-0.2, -0.15) is 8.78 Å². The van der Waals surface area contributed by atoms with E-state index in [9.17, 15) is 13.9 Å². The van der Waals surface area contributed by atoms with Crippen LogP contribution >= 0.6 is 12.2 Å². The first-order valence-corrected chi connectivity index (χ1v) is 5.45. The van der Waals surface area contributed by atoms with Gasteiger partial charge in [-0.1, -0.05) is 0 Å². The molecule has 0 saturated carbocycles. The predicted octanol–water partition coefficient (Wildman–Crippen LogP) is 0.0807. The van der Waals surface area contributed by atoms with Crippen molar-refractivity contribution < 1.29 is 23.7 Å². The molecular weight excluding hydrogens is 268 g/mol. The third-order valence-electron chi connectivity index (χ3n) is 2.66. The van der Waals surface area contributed by atoms with Gasteiger partial charge in [0, 0.05) is 6.20 Å². The molecule has 1 aromatic heterocycles. The molecule has 4 N–H and O–H groups in total. The van der Waals surface area contributed by atoms with Gasteiger partial charge in [0.2, 0.25) is 11.0 Å². The van der Waals surface area contributed by atoms with E-state index in [1.807, 2.05) is 0 Å². The van der Waals surface area contributed by atoms with Gasteiger partial charge in [0.05, 0.1) is 6.61 Å². The molecule has 1 aliphatic rings. The monoisotopic (exact) mass is 279 g/mol. The highest BCUT2D eigenvalue weighted by atomic mass is 32.1. The first-order valence-electron chi connectivity index (χ1n) is 5.04. The number of nitrogens with two attached hydrogens (primary N) is 1. The summed E-state index contributed by atoms with van der Waals surface area (Å²) < 4.78 is 33.2. The number of aromatic nitrogens is 2. The molecule has 9 heteroatoms. The molecule has 18 heavy (non-hydrogen) atoms. The number of anilines is 1. The average molecular weight is 279 g/mol. The summed E-state index contributed by atoms with van der Waals surface area (Å²) in [7, 11) is 0. The third kappa shape index (κ3) is 1.99. The summed E-state index contributed by atoms with van der Waals surface area (Å²) in [6, 6.07) is 1.29. The Balaban J connectivity index is 2.42. The molecule has 0 amide bonds. The lowest BCUT2D eigenvalue weighted by Crippen LogP contribution is -2.39. The quantitative estimate of drug-likeness (QED) is 0.664. The van der Waals surface area contributed by atoms with E-state index in [0.29, 0.717) is 0 Å². The van der Waals surface area contributed by atoms with E-state index in [-0.39, 0.29) is 10.6 Å². The van der Waals surface area contributed by atoms with E-state index >= 15 is 0 Å². The first kappa shape index (κ1) is 13.3. The molecule has 0 bridgehead atoms. The van der Waals surface area contributed by atoms with Gasteiger partial charge in [0.25, 0.3) is 0 Å². The number of nitrogen functional groups attached to an aromatic ring is 1. The van der Waals surface area contributed by atoms with Crippen molar-refractivity contribution in [2.75, 3.05) is 12.3 Å². The molecule has 1 saturated heterocycles. The van der Waals surface area contributed by atoms with Crippen LogP contribution in [-0.2, 0) is 4.74 Å². The minimum absolute atomic E-state index is 0.0943. The number of halogens is 2. The fraction of sp³-hybridized carbons (Fsp3) is 0.556. The van der Waals surface area contributed by atoms with Crippen LogP contribution in [0, 0.1) is 4.77 Å². The van der Waals surface area contributed by atoms with Crippen molar-refractivity contribution in [1.29, 1.82) is 0 Å². The van der Waals surface area contributed by atoms with Crippen LogP contribution in [0.4, 0.5) is 14.6 Å². The van der Waals surface area contributed by atoms with E-state index < -0.39 is 31.0 Å². The van der Waals surface area contributed by atoms with Crippen molar-refractivity contribution in [3.05, 3.63) is 17.0 Å². The standard InChI is InChI=1S/C9H11F2N3O3S/c10-9(11)6(16)4(3-15)17-7(9)14-2-1-5(12)13-8(14)18/h1-2,4,6-7,15-16H,3H2,(H2,12,13,18)/t4-,6?,7-/m1/s1. The van der Waals surface area contributed by atoms with Crippen LogP contribution in [0.2, 0.25) is 0 Å². The molecule has 1 aliphatic heterocycles. The van der Waals surface area contributed by atoms with Crippen molar-refractivity contribution in [1.82, 2.24) is 9.55 Å². The molecule has 0 aromatic carbocycles. The molecule has 2 rings (SSSR count). The fourth-order valence-corrected chi connectivity index (χ4v) is 1.98. The molecule has 100 valence electrons. The van der Waals surface area contributed by atoms with Crippen LogP contribution in [0.15, 0.2) is 12.3 Å². The second-order valence-electron chi connectivity index (χ2n) is 3.87. The zero-order valence-corrected chi connectivity index (χ0v) is 9.85. The zero-order valence-electron chi connectivity index (χ0n) is 9.03. The Morgan fingerprint density at radius 2 is 2.28 bits per heavy atom. The molecule has 0 radical (unpaired) electrons. The maximum atomic E-state index is 13.8. The second kappa shape index (κ2) is 4.50. The SMILES string of the molecule is Nc1ccn([C@@H]2O[C@H](CO)C(O)C2(F)F)c(=S)n1. The summed E-state index contributed by atoms with van der Waals surface area (Å²) in [5.41, 5.74) is 5.37. The Morgan fingerprint density at radius 1 is 1.61 bits per heavy atom. The van der Waals surface area contributed by atoms with Crippen molar-refractivity contribution in [2.24, 2.45) is 0 Å². The lowest BCUT2D eigenvalue weighted by molar-refractivity contribution is -0.140. The summed E-state index contributed by atoms with van der Waals surface area (Å²) in [6.07, 6.45) is -4.09. The van der Waals surface area contributed by atoms with Crippen LogP contribution in [-0.4, -0.2) is 44.5 Å². The minimum Gasteiger partial charge on any atom is -0.394 e. The number of hydrogen-bond acceptors (Lipinski definition) is 6. The van der Waals surface area contributed by atoms with Gasteiger partial charge >= 0.3 is 5.92 Å². The van der Waals surface area contributed by atoms with E-state index in [1.54, 1.807) is 0 Å². The molecule has 1 unspecified atom stereocenters. The molecule has 2 heterocycles. The number of rotatable bonds is 2. The van der Waals surface area contributed by atoms with Gasteiger partial charge in [0.1, 0.15) is 11.9 Å². The van der Waals surface area contributed by atoms with Crippen LogP contribution in [0.1, 0.15) is 6.23 Å². The average Bonchev–Trinajstić information content (AvgIpc) is 2.52. The number of hydrogen-bond donors (Lipinski definition) is 3. The van der Waals surface area contributed by atoms with Crippen molar-refractivity contribution in [2.45, 2.75) is 24.4 Å². The van der Waals surface area contributed by atoms with Gasteiger partial charge in [-0.15, -0.1) is 0 Å². The Labute approximate surface area is 106 Å². The normalized spacial score (nSPS) is 30.6. The van der Waals surface area contributed by atoms with Crippen LogP contribution in [0.5, 0.6) is 0 Å². The molecular formula is C9H11F2N3O3S. The molecule has 0 spiro atoms. The van der Waals surface area contributed by atoms with Gasteiger partial charge < -0.3 is 20.7 Å². The lowest BCUT2D eigenvalue weighted by atomic mass is 10.1. The van der Waals surface area contributed by atoms with Crippen molar-refractivity contribution in [3.8, 4) is 0 Å². The van der Waals surface area contributed by atoms with E-state index in [0.717, 1.165) is 4.57 Å². The Hall–Kier alpha value is -1.16. The maximum absolute atomic E-state index is 13.8. The Bertz CT molecular complexity index is 510. The first-order chi connectivity index (χ1) is 8.37. The molecule has 3 atom stereocenters. The van der Waals surface area contributed by atoms with Gasteiger partial charge in [-0.05, 0) is 18.3 Å². The molecule has 0 aliphatic carbocycles. The molecule has 6 nitrogen and oxygen atoms in total. The number of aliphatic hydroxyl groups excluding tert-OH is 2. The van der Waals surface area contributed by atoms with Gasteiger partial charge in [-0.25, -0.2) is 4.98 Å². The smallest absolute Gasteiger partial charge is 0.320 e. The van der Waals surface area contributed by atoms with Crippen LogP contribution in [0.3, 0.4) is 0 Å². The topological polar surface area (TPSA) is 93.5 Å². The highest BCUT2D eigenvalue weighted by Gasteiger charge is 2.59. The van der Waals surface area contributed by atoms with Gasteiger partial charge in [0.15, 0.2) is 6.10 Å². The van der Waals surface area contributed by atoms with Gasteiger partial charge in [-0.3, -0.25) is 4.57 Å². The maximum Gasteiger partial charge on any atom is 0.320 e. The minimum atomic E-state index is -3.58. The predicted molar refractivity (Wildman–Crippen MR) is 59.4 cm³/mol. The number of ether oxygens (including phenoxy) is 1. The van der Waals surface area contributed by atoms with Crippen molar-refractivity contribution in [3.63, 3.8) is 0 Å². The highest BCUT2D eigenvalue weighted by molar-refractivity contribution is 7.71.